The molecule has 0 aromatic heterocycles. The summed E-state index contributed by atoms with van der Waals surface area (Å²) in [4.78, 5) is 31.2. The molecule has 9 heteroatoms. The maximum Gasteiger partial charge on any atom is 0.338 e. The normalized spacial score (nSPS) is 13.8. The minimum absolute atomic E-state index is 0.0300. The molecule has 0 spiro atoms. The van der Waals surface area contributed by atoms with Gasteiger partial charge in [0.25, 0.3) is 15.9 Å². The van der Waals surface area contributed by atoms with E-state index in [0.29, 0.717) is 11.0 Å². The number of fused-ring (bicyclic) bond motifs is 1. The van der Waals surface area contributed by atoms with Crippen LogP contribution in [0.1, 0.15) is 22.3 Å². The number of hydroxylamine groups is 1. The molecule has 8 nitrogen and oxygen atoms in total. The summed E-state index contributed by atoms with van der Waals surface area (Å²) in [5.74, 6) is -1.10. The topological polar surface area (TPSA) is 93.2 Å². The van der Waals surface area contributed by atoms with Crippen molar-refractivity contribution in [2.75, 3.05) is 32.2 Å². The van der Waals surface area contributed by atoms with Crippen LogP contribution in [-0.4, -0.2) is 52.1 Å². The van der Waals surface area contributed by atoms with Gasteiger partial charge < -0.3 is 9.64 Å². The molecule has 3 rings (SSSR count). The number of sulfonamides is 1. The summed E-state index contributed by atoms with van der Waals surface area (Å²) < 4.78 is 30.5. The quantitative estimate of drug-likeness (QED) is 0.526. The van der Waals surface area contributed by atoms with Crippen LogP contribution in [0.2, 0.25) is 0 Å². The molecule has 0 saturated carbocycles. The van der Waals surface area contributed by atoms with E-state index >= 15 is 0 Å². The first-order valence-electron chi connectivity index (χ1n) is 9.03. The average molecular weight is 418 g/mol. The van der Waals surface area contributed by atoms with E-state index in [-0.39, 0.29) is 16.4 Å². The van der Waals surface area contributed by atoms with Crippen LogP contribution in [0.3, 0.4) is 0 Å². The van der Waals surface area contributed by atoms with Gasteiger partial charge in [0, 0.05) is 19.3 Å². The van der Waals surface area contributed by atoms with Crippen molar-refractivity contribution in [3.8, 4) is 0 Å². The van der Waals surface area contributed by atoms with E-state index in [9.17, 15) is 18.0 Å². The molecule has 0 saturated heterocycles. The lowest BCUT2D eigenvalue weighted by molar-refractivity contribution is -0.121. The molecule has 154 valence electrons. The van der Waals surface area contributed by atoms with E-state index in [4.69, 9.17) is 9.57 Å². The molecule has 0 aliphatic carbocycles. The number of hydrogen-bond acceptors (Lipinski definition) is 6. The van der Waals surface area contributed by atoms with Gasteiger partial charge >= 0.3 is 5.97 Å². The molecular formula is C20H22N2O6S. The highest BCUT2D eigenvalue weighted by Gasteiger charge is 2.25. The number of carbonyl (C=O) groups is 2. The third kappa shape index (κ3) is 4.47. The number of esters is 1. The Morgan fingerprint density at radius 1 is 1.14 bits per heavy atom. The fourth-order valence-electron chi connectivity index (χ4n) is 3.11. The largest absolute Gasteiger partial charge is 0.452 e. The number of benzene rings is 2. The highest BCUT2D eigenvalue weighted by atomic mass is 32.2. The van der Waals surface area contributed by atoms with Crippen LogP contribution in [-0.2, 0) is 30.8 Å². The second-order valence-corrected chi connectivity index (χ2v) is 8.41. The number of nitrogens with zero attached hydrogens (tertiary/aromatic N) is 2. The number of aryl methyl sites for hydroxylation is 1. The summed E-state index contributed by atoms with van der Waals surface area (Å²) in [6, 6.07) is 13.0. The number of rotatable bonds is 6. The van der Waals surface area contributed by atoms with Gasteiger partial charge in [-0.15, -0.1) is 0 Å². The molecule has 2 aromatic rings. The first kappa shape index (κ1) is 21.0. The molecular weight excluding hydrogens is 396 g/mol. The summed E-state index contributed by atoms with van der Waals surface area (Å²) in [5, 5.41) is 0. The third-order valence-corrected chi connectivity index (χ3v) is 6.38. The van der Waals surface area contributed by atoms with E-state index < -0.39 is 22.6 Å². The Morgan fingerprint density at radius 2 is 1.90 bits per heavy atom. The Morgan fingerprint density at radius 3 is 2.66 bits per heavy atom. The minimum Gasteiger partial charge on any atom is -0.452 e. The van der Waals surface area contributed by atoms with Gasteiger partial charge in [-0.05, 0) is 42.7 Å². The standard InChI is InChI=1S/C20H22N2O6S/c1-21(27-2)29(25,26)17-10-5-8-16(13-17)20(24)28-14-19(23)22-12-6-9-15-7-3-4-11-18(15)22/h3-5,7-8,10-11,13H,6,9,12,14H2,1-2H3. The Labute approximate surface area is 169 Å². The van der Waals surface area contributed by atoms with Crippen molar-refractivity contribution in [2.45, 2.75) is 17.7 Å². The van der Waals surface area contributed by atoms with Gasteiger partial charge in [-0.1, -0.05) is 28.7 Å². The van der Waals surface area contributed by atoms with Gasteiger partial charge in [-0.25, -0.2) is 13.2 Å². The summed E-state index contributed by atoms with van der Waals surface area (Å²) >= 11 is 0. The first-order valence-corrected chi connectivity index (χ1v) is 10.5. The van der Waals surface area contributed by atoms with E-state index in [1.165, 1.54) is 38.4 Å². The lowest BCUT2D eigenvalue weighted by Gasteiger charge is -2.29. The summed E-state index contributed by atoms with van der Waals surface area (Å²) in [5.41, 5.74) is 1.94. The van der Waals surface area contributed by atoms with Gasteiger partial charge in [-0.3, -0.25) is 9.63 Å². The van der Waals surface area contributed by atoms with Crippen LogP contribution in [0.25, 0.3) is 0 Å². The zero-order chi connectivity index (χ0) is 21.0. The molecule has 0 radical (unpaired) electrons. The van der Waals surface area contributed by atoms with Crippen molar-refractivity contribution in [1.29, 1.82) is 0 Å². The highest BCUT2D eigenvalue weighted by molar-refractivity contribution is 7.89. The average Bonchev–Trinajstić information content (AvgIpc) is 2.76. The summed E-state index contributed by atoms with van der Waals surface area (Å²) in [6.07, 6.45) is 1.74. The molecule has 0 bridgehead atoms. The van der Waals surface area contributed by atoms with Gasteiger partial charge in [0.2, 0.25) is 0 Å². The predicted molar refractivity (Wildman–Crippen MR) is 106 cm³/mol. The van der Waals surface area contributed by atoms with E-state index in [2.05, 4.69) is 0 Å². The van der Waals surface area contributed by atoms with Crippen LogP contribution in [0, 0.1) is 0 Å². The lowest BCUT2D eigenvalue weighted by Crippen LogP contribution is -2.38. The Kier molecular flexibility index (Phi) is 6.31. The number of amides is 1. The van der Waals surface area contributed by atoms with Gasteiger partial charge in [0.15, 0.2) is 6.61 Å². The van der Waals surface area contributed by atoms with Crippen LogP contribution >= 0.6 is 0 Å². The smallest absolute Gasteiger partial charge is 0.338 e. The number of hydrogen-bond donors (Lipinski definition) is 0. The van der Waals surface area contributed by atoms with Crippen molar-refractivity contribution < 1.29 is 27.6 Å². The zero-order valence-electron chi connectivity index (χ0n) is 16.2. The summed E-state index contributed by atoms with van der Waals surface area (Å²) in [6.45, 7) is 0.132. The molecule has 29 heavy (non-hydrogen) atoms. The van der Waals surface area contributed by atoms with Gasteiger partial charge in [-0.2, -0.15) is 0 Å². The van der Waals surface area contributed by atoms with Crippen molar-refractivity contribution in [3.05, 3.63) is 59.7 Å². The maximum absolute atomic E-state index is 12.6. The minimum atomic E-state index is -3.90. The van der Waals surface area contributed by atoms with Crippen LogP contribution in [0.15, 0.2) is 53.4 Å². The summed E-state index contributed by atoms with van der Waals surface area (Å²) in [7, 11) is -1.43. The predicted octanol–water partition coefficient (Wildman–Crippen LogP) is 2.00. The molecule has 1 aliphatic heterocycles. The number of anilines is 1. The molecule has 1 aliphatic rings. The van der Waals surface area contributed by atoms with Gasteiger partial charge in [0.05, 0.1) is 17.6 Å². The molecule has 0 N–H and O–H groups in total. The Hall–Kier alpha value is -2.75. The first-order chi connectivity index (χ1) is 13.8. The fourth-order valence-corrected chi connectivity index (χ4v) is 4.13. The second kappa shape index (κ2) is 8.73. The van der Waals surface area contributed by atoms with Crippen molar-refractivity contribution in [2.24, 2.45) is 0 Å². The number of carbonyl (C=O) groups excluding carboxylic acids is 2. The maximum atomic E-state index is 12.6. The lowest BCUT2D eigenvalue weighted by atomic mass is 10.0. The molecule has 1 amide bonds. The second-order valence-electron chi connectivity index (χ2n) is 6.48. The van der Waals surface area contributed by atoms with E-state index in [1.54, 1.807) is 4.90 Å². The molecule has 0 atom stereocenters. The van der Waals surface area contributed by atoms with Crippen LogP contribution in [0.5, 0.6) is 0 Å². The van der Waals surface area contributed by atoms with Crippen molar-refractivity contribution >= 4 is 27.6 Å². The molecule has 0 unspecified atom stereocenters. The van der Waals surface area contributed by atoms with E-state index in [1.807, 2.05) is 24.3 Å². The fraction of sp³-hybridized carbons (Fsp3) is 0.300. The van der Waals surface area contributed by atoms with Gasteiger partial charge in [0.1, 0.15) is 0 Å². The molecule has 0 fully saturated rings. The molecule has 1 heterocycles. The number of para-hydroxylation sites is 1. The Balaban J connectivity index is 1.69. The monoisotopic (exact) mass is 418 g/mol. The van der Waals surface area contributed by atoms with Crippen molar-refractivity contribution in [1.82, 2.24) is 4.47 Å². The Bertz CT molecular complexity index is 1020. The number of ether oxygens (including phenoxy) is 1. The highest BCUT2D eigenvalue weighted by Crippen LogP contribution is 2.26. The SMILES string of the molecule is CON(C)S(=O)(=O)c1cccc(C(=O)OCC(=O)N2CCCc3ccccc32)c1. The van der Waals surface area contributed by atoms with E-state index in [0.717, 1.165) is 24.1 Å². The van der Waals surface area contributed by atoms with Crippen molar-refractivity contribution in [3.63, 3.8) is 0 Å². The zero-order valence-corrected chi connectivity index (χ0v) is 17.0. The third-order valence-electron chi connectivity index (χ3n) is 4.70. The molecule has 2 aromatic carbocycles. The van der Waals surface area contributed by atoms with Crippen LogP contribution < -0.4 is 4.90 Å². The van der Waals surface area contributed by atoms with Crippen LogP contribution in [0.4, 0.5) is 5.69 Å².